The van der Waals surface area contributed by atoms with Gasteiger partial charge in [0.2, 0.25) is 0 Å². The molecule has 1 unspecified atom stereocenters. The van der Waals surface area contributed by atoms with Gasteiger partial charge in [0.05, 0.1) is 6.61 Å². The normalized spacial score (nSPS) is 13.5. The largest absolute Gasteiger partial charge is 0.361 e. The van der Waals surface area contributed by atoms with Gasteiger partial charge in [0, 0.05) is 12.2 Å². The summed E-state index contributed by atoms with van der Waals surface area (Å²) in [7, 11) is -3.82. The second-order valence-electron chi connectivity index (χ2n) is 3.03. The lowest BCUT2D eigenvalue weighted by Crippen LogP contribution is -2.27. The molecule has 1 aromatic heterocycles. The van der Waals surface area contributed by atoms with Crippen molar-refractivity contribution in [2.75, 3.05) is 11.3 Å². The lowest BCUT2D eigenvalue weighted by molar-refractivity contribution is 0.301. The Hall–Kier alpha value is -1.18. The molecule has 3 N–H and O–H groups in total. The molecule has 0 bridgehead atoms. The van der Waals surface area contributed by atoms with E-state index in [1.165, 1.54) is 12.3 Å². The fraction of sp³-hybridized carbons (Fsp3) is 0.375. The maximum atomic E-state index is 11.3. The Balaban J connectivity index is 2.57. The molecule has 15 heavy (non-hydrogen) atoms. The van der Waals surface area contributed by atoms with Gasteiger partial charge in [0.25, 0.3) is 0 Å². The summed E-state index contributed by atoms with van der Waals surface area (Å²) in [5.41, 5.74) is 5.36. The third-order valence-electron chi connectivity index (χ3n) is 1.38. The minimum Gasteiger partial charge on any atom is -0.326 e. The number of pyridine rings is 1. The second-order valence-corrected chi connectivity index (χ2v) is 4.38. The summed E-state index contributed by atoms with van der Waals surface area (Å²) < 4.78 is 29.3. The van der Waals surface area contributed by atoms with Gasteiger partial charge < -0.3 is 5.73 Å². The van der Waals surface area contributed by atoms with E-state index >= 15 is 0 Å². The van der Waals surface area contributed by atoms with Crippen molar-refractivity contribution < 1.29 is 12.6 Å². The predicted octanol–water partition coefficient (Wildman–Crippen LogP) is 0.102. The molecule has 0 saturated heterocycles. The Morgan fingerprint density at radius 1 is 1.60 bits per heavy atom. The van der Waals surface area contributed by atoms with Crippen molar-refractivity contribution in [3.05, 3.63) is 24.4 Å². The molecule has 1 aromatic rings. The third kappa shape index (κ3) is 4.73. The Morgan fingerprint density at radius 2 is 2.33 bits per heavy atom. The highest BCUT2D eigenvalue weighted by molar-refractivity contribution is 7.88. The highest BCUT2D eigenvalue weighted by Crippen LogP contribution is 2.04. The number of nitrogens with one attached hydrogen (secondary N) is 1. The molecule has 0 aromatic carbocycles. The summed E-state index contributed by atoms with van der Waals surface area (Å²) in [6.07, 6.45) is 1.48. The van der Waals surface area contributed by atoms with Crippen LogP contribution >= 0.6 is 0 Å². The first-order valence-electron chi connectivity index (χ1n) is 4.33. The van der Waals surface area contributed by atoms with Gasteiger partial charge >= 0.3 is 10.3 Å². The van der Waals surface area contributed by atoms with Gasteiger partial charge in [0.1, 0.15) is 5.82 Å². The average molecular weight is 231 g/mol. The van der Waals surface area contributed by atoms with Crippen molar-refractivity contribution in [1.82, 2.24) is 4.98 Å². The van der Waals surface area contributed by atoms with Gasteiger partial charge in [-0.25, -0.2) is 9.71 Å². The number of hydrogen-bond donors (Lipinski definition) is 2. The minimum absolute atomic E-state index is 0.0673. The maximum absolute atomic E-state index is 11.3. The number of anilines is 1. The molecule has 1 heterocycles. The first-order valence-corrected chi connectivity index (χ1v) is 5.74. The van der Waals surface area contributed by atoms with Crippen LogP contribution in [0, 0.1) is 0 Å². The molecular weight excluding hydrogens is 218 g/mol. The van der Waals surface area contributed by atoms with Crippen LogP contribution in [0.1, 0.15) is 6.92 Å². The molecule has 0 fully saturated rings. The first kappa shape index (κ1) is 11.9. The van der Waals surface area contributed by atoms with Gasteiger partial charge in [-0.1, -0.05) is 6.07 Å². The SMILES string of the molecule is CC(N)COS(=O)(=O)Nc1ccccn1. The van der Waals surface area contributed by atoms with Crippen molar-refractivity contribution in [2.24, 2.45) is 5.73 Å². The zero-order valence-electron chi connectivity index (χ0n) is 8.25. The Bertz CT molecular complexity index is 391. The lowest BCUT2D eigenvalue weighted by Gasteiger charge is -2.08. The highest BCUT2D eigenvalue weighted by Gasteiger charge is 2.11. The number of nitrogens with zero attached hydrogens (tertiary/aromatic N) is 1. The minimum atomic E-state index is -3.82. The van der Waals surface area contributed by atoms with Gasteiger partial charge in [-0.3, -0.25) is 4.18 Å². The highest BCUT2D eigenvalue weighted by atomic mass is 32.2. The van der Waals surface area contributed by atoms with E-state index in [1.807, 2.05) is 0 Å². The number of aromatic nitrogens is 1. The quantitative estimate of drug-likeness (QED) is 0.749. The molecule has 1 rings (SSSR count). The zero-order chi connectivity index (χ0) is 11.3. The summed E-state index contributed by atoms with van der Waals surface area (Å²) in [5, 5.41) is 0. The van der Waals surface area contributed by atoms with E-state index in [9.17, 15) is 8.42 Å². The number of nitrogens with two attached hydrogens (primary N) is 1. The second kappa shape index (κ2) is 5.06. The topological polar surface area (TPSA) is 94.3 Å². The van der Waals surface area contributed by atoms with E-state index in [0.717, 1.165) is 0 Å². The summed E-state index contributed by atoms with van der Waals surface area (Å²) in [4.78, 5) is 3.79. The molecule has 0 radical (unpaired) electrons. The molecule has 0 saturated carbocycles. The van der Waals surface area contributed by atoms with Crippen LogP contribution in [-0.4, -0.2) is 26.1 Å². The van der Waals surface area contributed by atoms with Crippen LogP contribution in [0.3, 0.4) is 0 Å². The van der Waals surface area contributed by atoms with Crippen molar-refractivity contribution >= 4 is 16.1 Å². The van der Waals surface area contributed by atoms with Gasteiger partial charge in [-0.05, 0) is 19.1 Å². The van der Waals surface area contributed by atoms with Crippen LogP contribution in [0.4, 0.5) is 5.82 Å². The predicted molar refractivity (Wildman–Crippen MR) is 56.4 cm³/mol. The third-order valence-corrected chi connectivity index (χ3v) is 2.29. The van der Waals surface area contributed by atoms with E-state index in [2.05, 4.69) is 13.9 Å². The van der Waals surface area contributed by atoms with Crippen molar-refractivity contribution in [2.45, 2.75) is 13.0 Å². The van der Waals surface area contributed by atoms with E-state index in [4.69, 9.17) is 5.73 Å². The molecule has 0 amide bonds. The number of rotatable bonds is 5. The fourth-order valence-electron chi connectivity index (χ4n) is 0.778. The van der Waals surface area contributed by atoms with Crippen LogP contribution in [0.15, 0.2) is 24.4 Å². The van der Waals surface area contributed by atoms with Gasteiger partial charge in [0.15, 0.2) is 0 Å². The molecule has 0 aliphatic carbocycles. The Morgan fingerprint density at radius 3 is 2.87 bits per heavy atom. The molecule has 0 aliphatic heterocycles. The van der Waals surface area contributed by atoms with Crippen LogP contribution in [0.5, 0.6) is 0 Å². The smallest absolute Gasteiger partial charge is 0.326 e. The summed E-state index contributed by atoms with van der Waals surface area (Å²) in [5.74, 6) is 0.210. The standard InChI is InChI=1S/C8H13N3O3S/c1-7(9)6-14-15(12,13)11-8-4-2-3-5-10-8/h2-5,7H,6,9H2,1H3,(H,10,11). The van der Waals surface area contributed by atoms with Gasteiger partial charge in [-0.15, -0.1) is 0 Å². The van der Waals surface area contributed by atoms with Crippen LogP contribution in [-0.2, 0) is 14.5 Å². The van der Waals surface area contributed by atoms with E-state index in [0.29, 0.717) is 0 Å². The molecule has 84 valence electrons. The van der Waals surface area contributed by atoms with Crippen molar-refractivity contribution in [1.29, 1.82) is 0 Å². The van der Waals surface area contributed by atoms with E-state index in [1.54, 1.807) is 19.1 Å². The summed E-state index contributed by atoms with van der Waals surface area (Å²) in [6, 6.07) is 4.52. The van der Waals surface area contributed by atoms with Crippen molar-refractivity contribution in [3.8, 4) is 0 Å². The summed E-state index contributed by atoms with van der Waals surface area (Å²) >= 11 is 0. The molecule has 6 nitrogen and oxygen atoms in total. The first-order chi connectivity index (χ1) is 6.99. The van der Waals surface area contributed by atoms with Crippen LogP contribution in [0.25, 0.3) is 0 Å². The lowest BCUT2D eigenvalue weighted by atomic mass is 10.4. The van der Waals surface area contributed by atoms with Gasteiger partial charge in [-0.2, -0.15) is 8.42 Å². The molecule has 0 spiro atoms. The number of hydrogen-bond acceptors (Lipinski definition) is 5. The zero-order valence-corrected chi connectivity index (χ0v) is 9.07. The molecule has 7 heteroatoms. The van der Waals surface area contributed by atoms with E-state index in [-0.39, 0.29) is 18.5 Å². The molecule has 0 aliphatic rings. The summed E-state index contributed by atoms with van der Waals surface area (Å²) in [6.45, 7) is 1.58. The maximum Gasteiger partial charge on any atom is 0.361 e. The van der Waals surface area contributed by atoms with Crippen LogP contribution < -0.4 is 10.5 Å². The van der Waals surface area contributed by atoms with E-state index < -0.39 is 10.3 Å². The average Bonchev–Trinajstić information content (AvgIpc) is 2.16. The molecule has 1 atom stereocenters. The Labute approximate surface area is 88.7 Å². The molecular formula is C8H13N3O3S. The van der Waals surface area contributed by atoms with Crippen molar-refractivity contribution in [3.63, 3.8) is 0 Å². The fourth-order valence-corrected chi connectivity index (χ4v) is 1.61. The van der Waals surface area contributed by atoms with Crippen LogP contribution in [0.2, 0.25) is 0 Å². The monoisotopic (exact) mass is 231 g/mol. The Kier molecular flexibility index (Phi) is 4.01.